The zero-order chi connectivity index (χ0) is 25.2. The fourth-order valence-electron chi connectivity index (χ4n) is 4.49. The number of nitrogens with zero attached hydrogens (tertiary/aromatic N) is 5. The summed E-state index contributed by atoms with van der Waals surface area (Å²) in [6.07, 6.45) is 1.72. The summed E-state index contributed by atoms with van der Waals surface area (Å²) in [6, 6.07) is 14.3. The van der Waals surface area contributed by atoms with E-state index in [0.717, 1.165) is 40.7 Å². The van der Waals surface area contributed by atoms with Crippen molar-refractivity contribution in [3.63, 3.8) is 0 Å². The Morgan fingerprint density at radius 3 is 2.54 bits per heavy atom. The van der Waals surface area contributed by atoms with Crippen LogP contribution in [0.15, 0.2) is 53.3 Å². The minimum atomic E-state index is -0.301. The molecule has 4 rings (SSSR count). The monoisotopic (exact) mass is 476 g/mol. The number of fused-ring (bicyclic) bond motifs is 1. The Bertz CT molecular complexity index is 1350. The third kappa shape index (κ3) is 5.48. The molecule has 0 aliphatic rings. The standard InChI is InChI=1S/C27H33FN6O/c1-6-8-23(25-30-31-32-34(25)27(3,4)5)33(16-19-11-13-22(28)14-12-19)17-21-15-20-10-7-9-18(2)24(20)29-26(21)35/h7,9-15,23H,6,8,16-17H2,1-5H3,(H,29,35)/t23-/m0/s1. The molecule has 0 aliphatic heterocycles. The highest BCUT2D eigenvalue weighted by Gasteiger charge is 2.30. The number of aromatic nitrogens is 5. The molecule has 35 heavy (non-hydrogen) atoms. The average molecular weight is 477 g/mol. The summed E-state index contributed by atoms with van der Waals surface area (Å²) < 4.78 is 15.5. The van der Waals surface area contributed by atoms with Crippen molar-refractivity contribution in [2.24, 2.45) is 0 Å². The highest BCUT2D eigenvalue weighted by molar-refractivity contribution is 5.81. The van der Waals surface area contributed by atoms with E-state index >= 15 is 0 Å². The molecule has 4 aromatic rings. The van der Waals surface area contributed by atoms with Gasteiger partial charge in [-0.05, 0) is 79.3 Å². The van der Waals surface area contributed by atoms with Gasteiger partial charge in [0.25, 0.3) is 5.56 Å². The highest BCUT2D eigenvalue weighted by atomic mass is 19.1. The topological polar surface area (TPSA) is 79.7 Å². The minimum Gasteiger partial charge on any atom is -0.321 e. The molecule has 0 unspecified atom stereocenters. The van der Waals surface area contributed by atoms with E-state index in [1.165, 1.54) is 12.1 Å². The van der Waals surface area contributed by atoms with Gasteiger partial charge in [0.15, 0.2) is 5.82 Å². The molecule has 8 heteroatoms. The third-order valence-corrected chi connectivity index (χ3v) is 6.27. The normalized spacial score (nSPS) is 13.0. The number of nitrogens with one attached hydrogen (secondary N) is 1. The summed E-state index contributed by atoms with van der Waals surface area (Å²) in [6.45, 7) is 11.2. The molecule has 0 amide bonds. The number of benzene rings is 2. The number of aromatic amines is 1. The molecular formula is C27H33FN6O. The zero-order valence-electron chi connectivity index (χ0n) is 21.0. The average Bonchev–Trinajstić information content (AvgIpc) is 3.30. The second kappa shape index (κ2) is 10.1. The van der Waals surface area contributed by atoms with E-state index in [4.69, 9.17) is 0 Å². The predicted octanol–water partition coefficient (Wildman–Crippen LogP) is 5.26. The van der Waals surface area contributed by atoms with Gasteiger partial charge in [0, 0.05) is 18.7 Å². The van der Waals surface area contributed by atoms with E-state index in [9.17, 15) is 9.18 Å². The van der Waals surface area contributed by atoms with Gasteiger partial charge in [-0.2, -0.15) is 0 Å². The predicted molar refractivity (Wildman–Crippen MR) is 135 cm³/mol. The van der Waals surface area contributed by atoms with Crippen LogP contribution in [0, 0.1) is 12.7 Å². The number of hydrogen-bond acceptors (Lipinski definition) is 5. The van der Waals surface area contributed by atoms with Crippen LogP contribution in [0.4, 0.5) is 4.39 Å². The van der Waals surface area contributed by atoms with Crippen LogP contribution >= 0.6 is 0 Å². The van der Waals surface area contributed by atoms with Crippen LogP contribution in [0.2, 0.25) is 0 Å². The van der Waals surface area contributed by atoms with Gasteiger partial charge in [0.1, 0.15) is 5.82 Å². The van der Waals surface area contributed by atoms with Crippen molar-refractivity contribution in [3.05, 3.63) is 87.2 Å². The number of H-pyrrole nitrogens is 1. The fourth-order valence-corrected chi connectivity index (χ4v) is 4.49. The Hall–Kier alpha value is -3.39. The highest BCUT2D eigenvalue weighted by Crippen LogP contribution is 2.30. The first-order valence-electron chi connectivity index (χ1n) is 12.1. The summed E-state index contributed by atoms with van der Waals surface area (Å²) >= 11 is 0. The molecule has 2 aromatic heterocycles. The number of rotatable bonds is 8. The molecule has 0 radical (unpaired) electrons. The van der Waals surface area contributed by atoms with Crippen LogP contribution in [0.1, 0.15) is 69.1 Å². The second-order valence-electron chi connectivity index (χ2n) is 10.1. The Morgan fingerprint density at radius 2 is 1.86 bits per heavy atom. The van der Waals surface area contributed by atoms with E-state index < -0.39 is 0 Å². The second-order valence-corrected chi connectivity index (χ2v) is 10.1. The quantitative estimate of drug-likeness (QED) is 0.375. The van der Waals surface area contributed by atoms with Gasteiger partial charge in [-0.1, -0.05) is 43.7 Å². The lowest BCUT2D eigenvalue weighted by Gasteiger charge is -2.33. The Morgan fingerprint density at radius 1 is 1.11 bits per heavy atom. The number of para-hydroxylation sites is 1. The molecule has 1 N–H and O–H groups in total. The first kappa shape index (κ1) is 24.7. The first-order chi connectivity index (χ1) is 16.7. The summed E-state index contributed by atoms with van der Waals surface area (Å²) in [5.41, 5.74) is 3.10. The van der Waals surface area contributed by atoms with E-state index in [-0.39, 0.29) is 23.0 Å². The van der Waals surface area contributed by atoms with Crippen molar-refractivity contribution in [1.82, 2.24) is 30.1 Å². The molecular weight excluding hydrogens is 443 g/mol. The van der Waals surface area contributed by atoms with Gasteiger partial charge >= 0.3 is 0 Å². The number of hydrogen-bond donors (Lipinski definition) is 1. The van der Waals surface area contributed by atoms with Crippen LogP contribution in [-0.2, 0) is 18.6 Å². The molecule has 184 valence electrons. The maximum absolute atomic E-state index is 13.6. The summed E-state index contributed by atoms with van der Waals surface area (Å²) in [4.78, 5) is 18.4. The Labute approximate surface area is 205 Å². The molecule has 1 atom stereocenters. The molecule has 7 nitrogen and oxygen atoms in total. The zero-order valence-corrected chi connectivity index (χ0v) is 21.0. The van der Waals surface area contributed by atoms with Crippen LogP contribution < -0.4 is 5.56 Å². The van der Waals surface area contributed by atoms with Gasteiger partial charge in [-0.3, -0.25) is 9.69 Å². The smallest absolute Gasteiger partial charge is 0.252 e. The molecule has 0 aliphatic carbocycles. The van der Waals surface area contributed by atoms with Crippen molar-refractivity contribution in [3.8, 4) is 0 Å². The number of aryl methyl sites for hydroxylation is 1. The van der Waals surface area contributed by atoms with Crippen LogP contribution in [-0.4, -0.2) is 30.1 Å². The van der Waals surface area contributed by atoms with Crippen LogP contribution in [0.25, 0.3) is 10.9 Å². The van der Waals surface area contributed by atoms with Crippen molar-refractivity contribution in [2.75, 3.05) is 0 Å². The van der Waals surface area contributed by atoms with Crippen LogP contribution in [0.5, 0.6) is 0 Å². The SMILES string of the molecule is CCC[C@@H](c1nnnn1C(C)(C)C)N(Cc1ccc(F)cc1)Cc1cc2cccc(C)c2[nH]c1=O. The number of tetrazole rings is 1. The first-order valence-corrected chi connectivity index (χ1v) is 12.1. The van der Waals surface area contributed by atoms with Gasteiger partial charge in [-0.15, -0.1) is 5.10 Å². The van der Waals surface area contributed by atoms with Gasteiger partial charge in [-0.25, -0.2) is 9.07 Å². The van der Waals surface area contributed by atoms with E-state index in [1.54, 1.807) is 12.1 Å². The van der Waals surface area contributed by atoms with Gasteiger partial charge in [0.05, 0.1) is 17.1 Å². The maximum atomic E-state index is 13.6. The number of halogens is 1. The fraction of sp³-hybridized carbons (Fsp3) is 0.407. The maximum Gasteiger partial charge on any atom is 0.252 e. The van der Waals surface area contributed by atoms with Gasteiger partial charge < -0.3 is 4.98 Å². The summed E-state index contributed by atoms with van der Waals surface area (Å²) in [5.74, 6) is 0.484. The molecule has 0 saturated carbocycles. The van der Waals surface area contributed by atoms with Crippen LogP contribution in [0.3, 0.4) is 0 Å². The van der Waals surface area contributed by atoms with Crippen molar-refractivity contribution >= 4 is 10.9 Å². The lowest BCUT2D eigenvalue weighted by molar-refractivity contribution is 0.148. The summed E-state index contributed by atoms with van der Waals surface area (Å²) in [5, 5.41) is 13.7. The minimum absolute atomic E-state index is 0.110. The Balaban J connectivity index is 1.79. The third-order valence-electron chi connectivity index (χ3n) is 6.27. The van der Waals surface area contributed by atoms with Crippen molar-refractivity contribution < 1.29 is 4.39 Å². The summed E-state index contributed by atoms with van der Waals surface area (Å²) in [7, 11) is 0. The number of pyridine rings is 1. The molecule has 0 saturated heterocycles. The largest absolute Gasteiger partial charge is 0.321 e. The molecule has 0 spiro atoms. The Kier molecular flexibility index (Phi) is 7.12. The molecule has 2 heterocycles. The van der Waals surface area contributed by atoms with E-state index in [0.29, 0.717) is 18.7 Å². The molecule has 0 bridgehead atoms. The molecule has 0 fully saturated rings. The lowest BCUT2D eigenvalue weighted by atomic mass is 10.0. The lowest BCUT2D eigenvalue weighted by Crippen LogP contribution is -2.35. The molecule has 2 aromatic carbocycles. The van der Waals surface area contributed by atoms with Crippen molar-refractivity contribution in [2.45, 2.75) is 72.1 Å². The van der Waals surface area contributed by atoms with E-state index in [2.05, 4.69) is 53.1 Å². The van der Waals surface area contributed by atoms with E-state index in [1.807, 2.05) is 35.9 Å². The van der Waals surface area contributed by atoms with Gasteiger partial charge in [0.2, 0.25) is 0 Å². The van der Waals surface area contributed by atoms with Crippen molar-refractivity contribution in [1.29, 1.82) is 0 Å².